The molecule has 0 fully saturated rings. The van der Waals surface area contributed by atoms with Crippen LogP contribution in [0.15, 0.2) is 48.5 Å². The van der Waals surface area contributed by atoms with Gasteiger partial charge in [0.15, 0.2) is 6.10 Å². The first kappa shape index (κ1) is 12.4. The van der Waals surface area contributed by atoms with E-state index in [2.05, 4.69) is 0 Å². The predicted molar refractivity (Wildman–Crippen MR) is 71.9 cm³/mol. The first-order valence-electron chi connectivity index (χ1n) is 6.19. The van der Waals surface area contributed by atoms with Gasteiger partial charge in [0.25, 0.3) is 0 Å². The maximum Gasteiger partial charge on any atom is 0.339 e. The van der Waals surface area contributed by atoms with Crippen LogP contribution in [0, 0.1) is 0 Å². The van der Waals surface area contributed by atoms with Crippen molar-refractivity contribution in [2.45, 2.75) is 6.10 Å². The zero-order chi connectivity index (χ0) is 14.1. The van der Waals surface area contributed by atoms with E-state index in [0.717, 1.165) is 0 Å². The highest BCUT2D eigenvalue weighted by Gasteiger charge is 2.34. The normalized spacial score (nSPS) is 17.4. The molecule has 4 heteroatoms. The number of carbonyl (C=O) groups is 2. The Morgan fingerprint density at radius 2 is 1.60 bits per heavy atom. The maximum absolute atomic E-state index is 12.4. The topological polar surface area (TPSA) is 52.6 Å². The van der Waals surface area contributed by atoms with E-state index in [9.17, 15) is 9.59 Å². The Balaban J connectivity index is 2.00. The summed E-state index contributed by atoms with van der Waals surface area (Å²) >= 11 is 0. The average Bonchev–Trinajstić information content (AvgIpc) is 2.51. The number of benzene rings is 2. The first-order valence-corrected chi connectivity index (χ1v) is 6.19. The van der Waals surface area contributed by atoms with Crippen LogP contribution >= 0.6 is 0 Å². The van der Waals surface area contributed by atoms with Crippen LogP contribution in [0.25, 0.3) is 0 Å². The van der Waals surface area contributed by atoms with Gasteiger partial charge in [0.1, 0.15) is 5.75 Å². The number of hydrogen-bond acceptors (Lipinski definition) is 4. The first-order chi connectivity index (χ1) is 9.70. The zero-order valence-corrected chi connectivity index (χ0v) is 10.8. The fourth-order valence-electron chi connectivity index (χ4n) is 2.24. The molecule has 1 aliphatic heterocycles. The van der Waals surface area contributed by atoms with E-state index in [1.165, 1.54) is 0 Å². The number of esters is 1. The molecular weight excluding hydrogens is 256 g/mol. The fourth-order valence-corrected chi connectivity index (χ4v) is 2.24. The van der Waals surface area contributed by atoms with Gasteiger partial charge in [-0.05, 0) is 18.2 Å². The van der Waals surface area contributed by atoms with Crippen molar-refractivity contribution in [1.29, 1.82) is 0 Å². The van der Waals surface area contributed by atoms with Crippen molar-refractivity contribution in [2.24, 2.45) is 0 Å². The summed E-state index contributed by atoms with van der Waals surface area (Å²) in [5.74, 6) is 0.00937. The van der Waals surface area contributed by atoms with E-state index in [-0.39, 0.29) is 5.78 Å². The summed E-state index contributed by atoms with van der Waals surface area (Å²) in [5, 5.41) is 0. The van der Waals surface area contributed by atoms with Crippen LogP contribution in [0.1, 0.15) is 32.4 Å². The number of methoxy groups -OCH3 is 1. The van der Waals surface area contributed by atoms with Gasteiger partial charge in [0.2, 0.25) is 5.78 Å². The number of fused-ring (bicyclic) bond motifs is 1. The minimum Gasteiger partial charge on any atom is -0.497 e. The summed E-state index contributed by atoms with van der Waals surface area (Å²) in [7, 11) is 1.57. The van der Waals surface area contributed by atoms with E-state index >= 15 is 0 Å². The monoisotopic (exact) mass is 268 g/mol. The lowest BCUT2D eigenvalue weighted by Crippen LogP contribution is -2.27. The standard InChI is InChI=1S/C16H12O4/c1-19-11-8-6-10(7-9-11)15-14(17)12-4-2-3-5-13(12)16(18)20-15/h2-9,15H,1H3. The molecule has 0 amide bonds. The molecule has 2 aromatic rings. The highest BCUT2D eigenvalue weighted by molar-refractivity contribution is 6.12. The van der Waals surface area contributed by atoms with E-state index in [1.807, 2.05) is 0 Å². The third-order valence-corrected chi connectivity index (χ3v) is 3.29. The molecule has 0 aliphatic carbocycles. The second-order valence-electron chi connectivity index (χ2n) is 4.47. The van der Waals surface area contributed by atoms with Crippen molar-refractivity contribution in [3.05, 3.63) is 65.2 Å². The van der Waals surface area contributed by atoms with Gasteiger partial charge in [-0.3, -0.25) is 4.79 Å². The predicted octanol–water partition coefficient (Wildman–Crippen LogP) is 2.79. The van der Waals surface area contributed by atoms with Crippen molar-refractivity contribution < 1.29 is 19.1 Å². The SMILES string of the molecule is COc1ccc(C2OC(=O)c3ccccc3C2=O)cc1. The average molecular weight is 268 g/mol. The highest BCUT2D eigenvalue weighted by Crippen LogP contribution is 2.31. The van der Waals surface area contributed by atoms with E-state index in [4.69, 9.17) is 9.47 Å². The lowest BCUT2D eigenvalue weighted by atomic mass is 9.93. The molecule has 0 spiro atoms. The Labute approximate surface area is 115 Å². The quantitative estimate of drug-likeness (QED) is 0.786. The molecule has 100 valence electrons. The number of carbonyl (C=O) groups excluding carboxylic acids is 2. The summed E-state index contributed by atoms with van der Waals surface area (Å²) in [6, 6.07) is 13.6. The lowest BCUT2D eigenvalue weighted by Gasteiger charge is -2.23. The minimum atomic E-state index is -0.886. The maximum atomic E-state index is 12.4. The minimum absolute atomic E-state index is 0.203. The molecule has 1 unspecified atom stereocenters. The van der Waals surface area contributed by atoms with Crippen LogP contribution in [-0.2, 0) is 4.74 Å². The van der Waals surface area contributed by atoms with Gasteiger partial charge in [-0.15, -0.1) is 0 Å². The van der Waals surface area contributed by atoms with Crippen molar-refractivity contribution in [1.82, 2.24) is 0 Å². The Morgan fingerprint density at radius 1 is 0.950 bits per heavy atom. The van der Waals surface area contributed by atoms with E-state index < -0.39 is 12.1 Å². The van der Waals surface area contributed by atoms with Crippen LogP contribution in [0.2, 0.25) is 0 Å². The van der Waals surface area contributed by atoms with Gasteiger partial charge in [0.05, 0.1) is 12.7 Å². The van der Waals surface area contributed by atoms with Gasteiger partial charge >= 0.3 is 5.97 Å². The highest BCUT2D eigenvalue weighted by atomic mass is 16.5. The molecule has 1 heterocycles. The number of Topliss-reactive ketones (excluding diaryl/α,β-unsaturated/α-hetero) is 1. The second-order valence-corrected chi connectivity index (χ2v) is 4.47. The molecule has 0 bridgehead atoms. The van der Waals surface area contributed by atoms with Crippen molar-refractivity contribution in [3.8, 4) is 5.75 Å². The van der Waals surface area contributed by atoms with Crippen LogP contribution < -0.4 is 4.74 Å². The van der Waals surface area contributed by atoms with Crippen molar-refractivity contribution >= 4 is 11.8 Å². The Kier molecular flexibility index (Phi) is 2.99. The van der Waals surface area contributed by atoms with Gasteiger partial charge in [-0.25, -0.2) is 4.79 Å². The third kappa shape index (κ3) is 1.95. The Hall–Kier alpha value is -2.62. The van der Waals surface area contributed by atoms with E-state index in [0.29, 0.717) is 22.4 Å². The molecule has 3 rings (SSSR count). The van der Waals surface area contributed by atoms with Gasteiger partial charge < -0.3 is 9.47 Å². The molecule has 0 saturated carbocycles. The molecule has 0 aromatic heterocycles. The van der Waals surface area contributed by atoms with E-state index in [1.54, 1.807) is 55.6 Å². The van der Waals surface area contributed by atoms with Crippen LogP contribution in [0.4, 0.5) is 0 Å². The van der Waals surface area contributed by atoms with Gasteiger partial charge in [-0.2, -0.15) is 0 Å². The summed E-state index contributed by atoms with van der Waals surface area (Å²) in [4.78, 5) is 24.3. The largest absolute Gasteiger partial charge is 0.497 e. The number of ether oxygens (including phenoxy) is 2. The summed E-state index contributed by atoms with van der Waals surface area (Å²) < 4.78 is 10.3. The summed E-state index contributed by atoms with van der Waals surface area (Å²) in [6.07, 6.45) is -0.886. The van der Waals surface area contributed by atoms with Gasteiger partial charge in [-0.1, -0.05) is 30.3 Å². The number of cyclic esters (lactones) is 1. The van der Waals surface area contributed by atoms with Gasteiger partial charge in [0, 0.05) is 11.1 Å². The number of ketones is 1. The van der Waals surface area contributed by atoms with Crippen molar-refractivity contribution in [2.75, 3.05) is 7.11 Å². The molecule has 1 aliphatic rings. The van der Waals surface area contributed by atoms with Crippen LogP contribution in [0.5, 0.6) is 5.75 Å². The molecule has 2 aromatic carbocycles. The number of rotatable bonds is 2. The Morgan fingerprint density at radius 3 is 2.25 bits per heavy atom. The smallest absolute Gasteiger partial charge is 0.339 e. The molecule has 0 radical (unpaired) electrons. The summed E-state index contributed by atoms with van der Waals surface area (Å²) in [5.41, 5.74) is 1.37. The third-order valence-electron chi connectivity index (χ3n) is 3.29. The second kappa shape index (κ2) is 4.81. The van der Waals surface area contributed by atoms with Crippen LogP contribution in [-0.4, -0.2) is 18.9 Å². The zero-order valence-electron chi connectivity index (χ0n) is 10.8. The molecule has 0 saturated heterocycles. The fraction of sp³-hybridized carbons (Fsp3) is 0.125. The molecule has 20 heavy (non-hydrogen) atoms. The van der Waals surface area contributed by atoms with Crippen LogP contribution in [0.3, 0.4) is 0 Å². The number of hydrogen-bond donors (Lipinski definition) is 0. The molecule has 4 nitrogen and oxygen atoms in total. The summed E-state index contributed by atoms with van der Waals surface area (Å²) in [6.45, 7) is 0. The molecular formula is C16H12O4. The molecule has 1 atom stereocenters. The molecule has 0 N–H and O–H groups in total. The van der Waals surface area contributed by atoms with Crippen molar-refractivity contribution in [3.63, 3.8) is 0 Å². The Bertz CT molecular complexity index is 673. The lowest BCUT2D eigenvalue weighted by molar-refractivity contribution is 0.0242.